The van der Waals surface area contributed by atoms with Crippen LogP contribution in [0.3, 0.4) is 0 Å². The van der Waals surface area contributed by atoms with Gasteiger partial charge in [0.1, 0.15) is 0 Å². The van der Waals surface area contributed by atoms with Crippen molar-refractivity contribution in [3.8, 4) is 0 Å². The number of aromatic nitrogens is 1. The first-order chi connectivity index (χ1) is 10.7. The average molecular weight is 304 g/mol. The van der Waals surface area contributed by atoms with E-state index in [4.69, 9.17) is 0 Å². The molecule has 2 N–H and O–H groups in total. The number of aliphatic hydroxyl groups is 1. The van der Waals surface area contributed by atoms with Crippen molar-refractivity contribution in [2.75, 3.05) is 52.4 Å². The molecule has 3 heterocycles. The van der Waals surface area contributed by atoms with E-state index in [0.29, 0.717) is 0 Å². The van der Waals surface area contributed by atoms with Crippen LogP contribution in [-0.2, 0) is 6.42 Å². The van der Waals surface area contributed by atoms with Gasteiger partial charge in [-0.15, -0.1) is 0 Å². The predicted octanol–water partition coefficient (Wildman–Crippen LogP) is 0.356. The molecule has 5 heteroatoms. The molecule has 2 aliphatic heterocycles. The SMILES string of the molecule is O[C@]1(CN2CCN(CCc3ccccn3)CC2)CCCNC1. The van der Waals surface area contributed by atoms with Crippen LogP contribution in [0, 0.1) is 0 Å². The Morgan fingerprint density at radius 2 is 2.00 bits per heavy atom. The quantitative estimate of drug-likeness (QED) is 0.822. The molecule has 5 nitrogen and oxygen atoms in total. The van der Waals surface area contributed by atoms with Crippen molar-refractivity contribution >= 4 is 0 Å². The molecule has 1 atom stereocenters. The lowest BCUT2D eigenvalue weighted by atomic mass is 9.93. The number of hydrogen-bond acceptors (Lipinski definition) is 5. The van der Waals surface area contributed by atoms with Crippen LogP contribution in [0.15, 0.2) is 24.4 Å². The molecule has 0 saturated carbocycles. The van der Waals surface area contributed by atoms with Crippen LogP contribution in [0.4, 0.5) is 0 Å². The number of rotatable bonds is 5. The fourth-order valence-electron chi connectivity index (χ4n) is 3.49. The number of β-amino-alcohol motifs (C(OH)–C–C–N with tert-alkyl or cyclic N) is 1. The molecule has 2 aliphatic rings. The van der Waals surface area contributed by atoms with Gasteiger partial charge in [-0.2, -0.15) is 0 Å². The maximum absolute atomic E-state index is 10.6. The van der Waals surface area contributed by atoms with Gasteiger partial charge in [0.25, 0.3) is 0 Å². The molecular weight excluding hydrogens is 276 g/mol. The van der Waals surface area contributed by atoms with Crippen molar-refractivity contribution in [1.29, 1.82) is 0 Å². The zero-order chi connectivity index (χ0) is 15.3. The average Bonchev–Trinajstić information content (AvgIpc) is 2.55. The lowest BCUT2D eigenvalue weighted by molar-refractivity contribution is -0.0256. The summed E-state index contributed by atoms with van der Waals surface area (Å²) in [7, 11) is 0. The number of piperazine rings is 1. The standard InChI is InChI=1S/C17H28N4O/c22-17(6-3-7-18-14-17)15-21-12-10-20(11-13-21)9-5-16-4-1-2-8-19-16/h1-2,4,8,18,22H,3,5-7,9-15H2/t17-/m1/s1. The Balaban J connectivity index is 1.39. The highest BCUT2D eigenvalue weighted by atomic mass is 16.3. The zero-order valence-electron chi connectivity index (χ0n) is 13.4. The lowest BCUT2D eigenvalue weighted by Gasteiger charge is -2.41. The molecule has 0 aromatic carbocycles. The summed E-state index contributed by atoms with van der Waals surface area (Å²) in [5, 5.41) is 13.9. The fourth-order valence-corrected chi connectivity index (χ4v) is 3.49. The molecule has 1 aromatic rings. The summed E-state index contributed by atoms with van der Waals surface area (Å²) in [4.78, 5) is 9.32. The van der Waals surface area contributed by atoms with E-state index in [1.54, 1.807) is 0 Å². The van der Waals surface area contributed by atoms with Crippen LogP contribution in [0.5, 0.6) is 0 Å². The van der Waals surface area contributed by atoms with Crippen LogP contribution in [-0.4, -0.2) is 77.8 Å². The maximum Gasteiger partial charge on any atom is 0.0898 e. The minimum absolute atomic E-state index is 0.519. The van der Waals surface area contributed by atoms with Crippen molar-refractivity contribution in [2.45, 2.75) is 24.9 Å². The van der Waals surface area contributed by atoms with E-state index in [0.717, 1.165) is 71.6 Å². The molecule has 0 bridgehead atoms. The van der Waals surface area contributed by atoms with Crippen LogP contribution in [0.1, 0.15) is 18.5 Å². The minimum Gasteiger partial charge on any atom is -0.387 e. The second-order valence-electron chi connectivity index (χ2n) is 6.69. The molecule has 0 radical (unpaired) electrons. The molecule has 1 aromatic heterocycles. The number of hydrogen-bond donors (Lipinski definition) is 2. The van der Waals surface area contributed by atoms with Crippen molar-refractivity contribution in [3.63, 3.8) is 0 Å². The zero-order valence-corrected chi connectivity index (χ0v) is 13.4. The van der Waals surface area contributed by atoms with Crippen LogP contribution in [0.25, 0.3) is 0 Å². The molecule has 0 amide bonds. The lowest BCUT2D eigenvalue weighted by Crippen LogP contribution is -2.56. The second kappa shape index (κ2) is 7.51. The molecule has 0 aliphatic carbocycles. The highest BCUT2D eigenvalue weighted by Crippen LogP contribution is 2.18. The largest absolute Gasteiger partial charge is 0.387 e. The van der Waals surface area contributed by atoms with E-state index in [2.05, 4.69) is 32.2 Å². The molecule has 3 rings (SSSR count). The van der Waals surface area contributed by atoms with E-state index in [1.807, 2.05) is 12.3 Å². The van der Waals surface area contributed by atoms with Gasteiger partial charge in [0.2, 0.25) is 0 Å². The third-order valence-corrected chi connectivity index (χ3v) is 4.84. The second-order valence-corrected chi connectivity index (χ2v) is 6.69. The summed E-state index contributed by atoms with van der Waals surface area (Å²) in [5.74, 6) is 0. The van der Waals surface area contributed by atoms with Gasteiger partial charge in [-0.25, -0.2) is 0 Å². The molecule has 0 unspecified atom stereocenters. The first kappa shape index (κ1) is 15.9. The monoisotopic (exact) mass is 304 g/mol. The van der Waals surface area contributed by atoms with Crippen molar-refractivity contribution in [3.05, 3.63) is 30.1 Å². The Kier molecular flexibility index (Phi) is 5.41. The van der Waals surface area contributed by atoms with Gasteiger partial charge in [0.05, 0.1) is 5.60 Å². The summed E-state index contributed by atoms with van der Waals surface area (Å²) >= 11 is 0. The van der Waals surface area contributed by atoms with E-state index in [9.17, 15) is 5.11 Å². The van der Waals surface area contributed by atoms with E-state index >= 15 is 0 Å². The van der Waals surface area contributed by atoms with Gasteiger partial charge >= 0.3 is 0 Å². The molecule has 122 valence electrons. The van der Waals surface area contributed by atoms with E-state index in [1.165, 1.54) is 5.69 Å². The van der Waals surface area contributed by atoms with Crippen LogP contribution >= 0.6 is 0 Å². The van der Waals surface area contributed by atoms with Gasteiger partial charge in [0.15, 0.2) is 0 Å². The summed E-state index contributed by atoms with van der Waals surface area (Å²) in [6.07, 6.45) is 4.90. The van der Waals surface area contributed by atoms with Crippen molar-refractivity contribution < 1.29 is 5.11 Å². The fraction of sp³-hybridized carbons (Fsp3) is 0.706. The van der Waals surface area contributed by atoms with Crippen LogP contribution < -0.4 is 5.32 Å². The van der Waals surface area contributed by atoms with Gasteiger partial charge in [-0.3, -0.25) is 9.88 Å². The van der Waals surface area contributed by atoms with Crippen molar-refractivity contribution in [2.24, 2.45) is 0 Å². The smallest absolute Gasteiger partial charge is 0.0898 e. The maximum atomic E-state index is 10.6. The molecule has 0 spiro atoms. The number of pyridine rings is 1. The molecule has 2 saturated heterocycles. The highest BCUT2D eigenvalue weighted by Gasteiger charge is 2.32. The predicted molar refractivity (Wildman–Crippen MR) is 87.9 cm³/mol. The number of nitrogens with zero attached hydrogens (tertiary/aromatic N) is 3. The Morgan fingerprint density at radius 1 is 1.18 bits per heavy atom. The minimum atomic E-state index is -0.519. The highest BCUT2D eigenvalue weighted by molar-refractivity contribution is 5.03. The summed E-state index contributed by atoms with van der Waals surface area (Å²) in [5.41, 5.74) is 0.654. The number of nitrogens with one attached hydrogen (secondary N) is 1. The van der Waals surface area contributed by atoms with Crippen LogP contribution in [0.2, 0.25) is 0 Å². The molecule has 2 fully saturated rings. The van der Waals surface area contributed by atoms with E-state index in [-0.39, 0.29) is 0 Å². The Labute approximate surface area is 133 Å². The third-order valence-electron chi connectivity index (χ3n) is 4.84. The van der Waals surface area contributed by atoms with Gasteiger partial charge < -0.3 is 15.3 Å². The summed E-state index contributed by atoms with van der Waals surface area (Å²) in [6.45, 7) is 7.99. The first-order valence-electron chi connectivity index (χ1n) is 8.51. The van der Waals surface area contributed by atoms with Crippen molar-refractivity contribution in [1.82, 2.24) is 20.1 Å². The normalized spacial score (nSPS) is 27.9. The van der Waals surface area contributed by atoms with E-state index < -0.39 is 5.60 Å². The van der Waals surface area contributed by atoms with Gasteiger partial charge in [0, 0.05) is 64.1 Å². The number of piperidine rings is 1. The molecular formula is C17H28N4O. The Hall–Kier alpha value is -1.01. The van der Waals surface area contributed by atoms with Gasteiger partial charge in [-0.05, 0) is 31.5 Å². The first-order valence-corrected chi connectivity index (χ1v) is 8.51. The third kappa shape index (κ3) is 4.49. The van der Waals surface area contributed by atoms with Gasteiger partial charge in [-0.1, -0.05) is 6.07 Å². The topological polar surface area (TPSA) is 51.6 Å². The Morgan fingerprint density at radius 3 is 2.68 bits per heavy atom. The Bertz CT molecular complexity index is 439. The molecule has 22 heavy (non-hydrogen) atoms. The summed E-state index contributed by atoms with van der Waals surface area (Å²) < 4.78 is 0. The summed E-state index contributed by atoms with van der Waals surface area (Å²) in [6, 6.07) is 6.12.